The molecule has 18 heavy (non-hydrogen) atoms. The van der Waals surface area contributed by atoms with Gasteiger partial charge in [-0.1, -0.05) is 18.6 Å². The number of hydrogen-bond acceptors (Lipinski definition) is 0. The van der Waals surface area contributed by atoms with Gasteiger partial charge < -0.3 is 0 Å². The fourth-order valence-corrected chi connectivity index (χ4v) is 5.89. The number of hydrogen-bond donors (Lipinski definition) is 0. The molecule has 0 aliphatic heterocycles. The van der Waals surface area contributed by atoms with Crippen LogP contribution in [0.4, 0.5) is 0 Å². The number of halogens is 3. The lowest BCUT2D eigenvalue weighted by Gasteiger charge is -2.20. The van der Waals surface area contributed by atoms with E-state index in [1.807, 2.05) is 0 Å². The van der Waals surface area contributed by atoms with Crippen molar-refractivity contribution in [2.45, 2.75) is 63.3 Å². The van der Waals surface area contributed by atoms with E-state index in [0.717, 1.165) is 25.7 Å². The van der Waals surface area contributed by atoms with Gasteiger partial charge in [0.1, 0.15) is 0 Å². The van der Waals surface area contributed by atoms with Gasteiger partial charge >= 0.3 is 6.00 Å². The Hall–Kier alpha value is 0.567. The molecule has 0 nitrogen and oxygen atoms in total. The molecule has 0 N–H and O–H groups in total. The minimum absolute atomic E-state index is 0.336. The Morgan fingerprint density at radius 1 is 0.833 bits per heavy atom. The molecule has 2 aliphatic rings. The van der Waals surface area contributed by atoms with Crippen LogP contribution in [-0.2, 0) is 0 Å². The molecule has 2 rings (SSSR count). The molecule has 102 valence electrons. The highest BCUT2D eigenvalue weighted by molar-refractivity contribution is 7.65. The first-order valence-electron chi connectivity index (χ1n) is 7.02. The van der Waals surface area contributed by atoms with Gasteiger partial charge in [0, 0.05) is 0 Å². The van der Waals surface area contributed by atoms with Gasteiger partial charge in [0.25, 0.3) is 0 Å². The maximum atomic E-state index is 6.18. The summed E-state index contributed by atoms with van der Waals surface area (Å²) in [5, 5.41) is 0. The van der Waals surface area contributed by atoms with Crippen molar-refractivity contribution in [1.82, 2.24) is 0 Å². The molecule has 1 unspecified atom stereocenters. The lowest BCUT2D eigenvalue weighted by atomic mass is 9.97. The molecule has 0 aromatic rings. The summed E-state index contributed by atoms with van der Waals surface area (Å²) in [7, 11) is 0. The van der Waals surface area contributed by atoms with Crippen molar-refractivity contribution in [1.29, 1.82) is 0 Å². The molecule has 0 amide bonds. The summed E-state index contributed by atoms with van der Waals surface area (Å²) in [6.45, 7) is 0. The third-order valence-electron chi connectivity index (χ3n) is 4.08. The molecule has 0 aromatic heterocycles. The summed E-state index contributed by atoms with van der Waals surface area (Å²) in [4.78, 5) is 0. The largest absolute Gasteiger partial charge is 0.344 e. The molecular weight excluding hydrogens is 303 g/mol. The first-order valence-corrected chi connectivity index (χ1v) is 12.1. The first kappa shape index (κ1) is 15.0. The van der Waals surface area contributed by atoms with Crippen molar-refractivity contribution >= 4 is 39.2 Å². The van der Waals surface area contributed by atoms with Crippen molar-refractivity contribution in [2.24, 2.45) is 0 Å². The average Bonchev–Trinajstić information content (AvgIpc) is 2.70. The van der Waals surface area contributed by atoms with E-state index in [4.69, 9.17) is 33.2 Å². The maximum Gasteiger partial charge on any atom is 0.344 e. The van der Waals surface area contributed by atoms with Gasteiger partial charge in [-0.05, 0) is 68.1 Å². The summed E-state index contributed by atoms with van der Waals surface area (Å²) in [6.07, 6.45) is 15.7. The molecule has 2 aliphatic carbocycles. The molecule has 0 saturated carbocycles. The van der Waals surface area contributed by atoms with Gasteiger partial charge in [0.15, 0.2) is 0 Å². The van der Waals surface area contributed by atoms with E-state index in [2.05, 4.69) is 12.2 Å². The Bertz CT molecular complexity index is 341. The van der Waals surface area contributed by atoms with Crippen LogP contribution in [0.15, 0.2) is 23.3 Å². The summed E-state index contributed by atoms with van der Waals surface area (Å²) < 4.78 is 0. The average molecular weight is 324 g/mol. The third kappa shape index (κ3) is 4.30. The van der Waals surface area contributed by atoms with Crippen LogP contribution in [0.2, 0.25) is 5.54 Å². The quantitative estimate of drug-likeness (QED) is 0.407. The molecule has 0 heterocycles. The molecule has 1 atom stereocenters. The molecule has 0 radical (unpaired) electrons. The third-order valence-corrected chi connectivity index (χ3v) is 8.36. The van der Waals surface area contributed by atoms with Gasteiger partial charge in [-0.25, -0.2) is 0 Å². The van der Waals surface area contributed by atoms with Crippen LogP contribution in [0.5, 0.6) is 0 Å². The van der Waals surface area contributed by atoms with Gasteiger partial charge in [-0.15, -0.1) is 33.2 Å². The van der Waals surface area contributed by atoms with Crippen LogP contribution in [0.1, 0.15) is 57.8 Å². The smallest absolute Gasteiger partial charge is 0.126 e. The van der Waals surface area contributed by atoms with E-state index >= 15 is 0 Å². The van der Waals surface area contributed by atoms with E-state index in [9.17, 15) is 0 Å². The molecule has 0 bridgehead atoms. The normalized spacial score (nSPS) is 26.9. The highest BCUT2D eigenvalue weighted by Gasteiger charge is 2.36. The summed E-state index contributed by atoms with van der Waals surface area (Å²) >= 11 is 18.5. The van der Waals surface area contributed by atoms with Gasteiger partial charge in [-0.2, -0.15) is 0 Å². The molecule has 0 spiro atoms. The zero-order valence-corrected chi connectivity index (χ0v) is 14.0. The van der Waals surface area contributed by atoms with E-state index in [0.29, 0.717) is 5.54 Å². The van der Waals surface area contributed by atoms with Crippen molar-refractivity contribution in [3.8, 4) is 0 Å². The monoisotopic (exact) mass is 322 g/mol. The Morgan fingerprint density at radius 2 is 1.56 bits per heavy atom. The van der Waals surface area contributed by atoms with Crippen LogP contribution in [0.25, 0.3) is 0 Å². The van der Waals surface area contributed by atoms with Gasteiger partial charge in [0.2, 0.25) is 0 Å². The van der Waals surface area contributed by atoms with Crippen LogP contribution in [0.3, 0.4) is 0 Å². The standard InChI is InChI=1S/C14H21Cl3Si/c15-18(16,17)14-9-5-8-13(10-11-14)12-6-3-1-2-4-7-12/h6,8,14H,1-5,7,9-11H2. The Labute approximate surface area is 125 Å². The van der Waals surface area contributed by atoms with Crippen molar-refractivity contribution in [2.75, 3.05) is 0 Å². The van der Waals surface area contributed by atoms with Crippen LogP contribution < -0.4 is 0 Å². The second-order valence-electron chi connectivity index (χ2n) is 5.41. The highest BCUT2D eigenvalue weighted by Crippen LogP contribution is 2.43. The van der Waals surface area contributed by atoms with E-state index in [1.165, 1.54) is 32.1 Å². The van der Waals surface area contributed by atoms with Crippen LogP contribution in [0, 0.1) is 0 Å². The molecule has 4 heteroatoms. The van der Waals surface area contributed by atoms with Crippen molar-refractivity contribution in [3.63, 3.8) is 0 Å². The lowest BCUT2D eigenvalue weighted by molar-refractivity contribution is 0.694. The molecule has 0 aromatic carbocycles. The zero-order chi connectivity index (χ0) is 13.0. The fraction of sp³-hybridized carbons (Fsp3) is 0.714. The van der Waals surface area contributed by atoms with E-state index < -0.39 is 6.00 Å². The van der Waals surface area contributed by atoms with Crippen LogP contribution in [-0.4, -0.2) is 6.00 Å². The SMILES string of the molecule is Cl[Si](Cl)(Cl)C1CCC=C(C2=CCCCCC2)CC1. The topological polar surface area (TPSA) is 0 Å². The second-order valence-corrected chi connectivity index (χ2v) is 14.4. The Kier molecular flexibility index (Phi) is 5.68. The van der Waals surface area contributed by atoms with Gasteiger partial charge in [0.05, 0.1) is 0 Å². The number of rotatable bonds is 2. The predicted molar refractivity (Wildman–Crippen MR) is 84.8 cm³/mol. The fourth-order valence-electron chi connectivity index (χ4n) is 2.96. The molecule has 0 fully saturated rings. The highest BCUT2D eigenvalue weighted by atomic mass is 35.8. The summed E-state index contributed by atoms with van der Waals surface area (Å²) in [6, 6.07) is -2.51. The minimum Gasteiger partial charge on any atom is -0.126 e. The maximum absolute atomic E-state index is 6.18. The summed E-state index contributed by atoms with van der Waals surface area (Å²) in [5.74, 6) is 0. The van der Waals surface area contributed by atoms with E-state index in [-0.39, 0.29) is 0 Å². The first-order chi connectivity index (χ1) is 8.57. The Balaban J connectivity index is 1.99. The lowest BCUT2D eigenvalue weighted by Crippen LogP contribution is -2.19. The Morgan fingerprint density at radius 3 is 2.33 bits per heavy atom. The second kappa shape index (κ2) is 6.83. The number of allylic oxidation sites excluding steroid dienone is 4. The summed E-state index contributed by atoms with van der Waals surface area (Å²) in [5.41, 5.74) is 3.46. The van der Waals surface area contributed by atoms with Crippen LogP contribution >= 0.6 is 33.2 Å². The zero-order valence-electron chi connectivity index (χ0n) is 10.7. The molecule has 0 saturated heterocycles. The minimum atomic E-state index is -2.51. The predicted octanol–water partition coefficient (Wildman–Crippen LogP) is 6.40. The van der Waals surface area contributed by atoms with Gasteiger partial charge in [-0.3, -0.25) is 0 Å². The van der Waals surface area contributed by atoms with Crippen molar-refractivity contribution in [3.05, 3.63) is 23.3 Å². The van der Waals surface area contributed by atoms with E-state index in [1.54, 1.807) is 11.1 Å². The molecular formula is C14H21Cl3Si. The van der Waals surface area contributed by atoms with Crippen molar-refractivity contribution < 1.29 is 0 Å².